The summed E-state index contributed by atoms with van der Waals surface area (Å²) < 4.78 is 0. The van der Waals surface area contributed by atoms with Gasteiger partial charge in [0.2, 0.25) is 5.91 Å². The number of amides is 1. The molecule has 1 saturated heterocycles. The monoisotopic (exact) mass is 199 g/mol. The lowest BCUT2D eigenvalue weighted by atomic mass is 10.4. The molecule has 0 atom stereocenters. The minimum atomic E-state index is -0.0477. The minimum Gasteiger partial charge on any atom is -0.342 e. The predicted molar refractivity (Wildman–Crippen MR) is 52.4 cm³/mol. The topological polar surface area (TPSA) is 56.1 Å². The largest absolute Gasteiger partial charge is 0.342 e. The number of hydrogen-bond acceptors (Lipinski definition) is 4. The van der Waals surface area contributed by atoms with E-state index >= 15 is 0 Å². The van der Waals surface area contributed by atoms with E-state index in [0.717, 1.165) is 24.6 Å². The summed E-state index contributed by atoms with van der Waals surface area (Å²) in [4.78, 5) is 13.3. The molecule has 13 heavy (non-hydrogen) atoms. The van der Waals surface area contributed by atoms with E-state index in [4.69, 9.17) is 5.26 Å². The Hall–Kier alpha value is -0.730. The van der Waals surface area contributed by atoms with Gasteiger partial charge in [-0.1, -0.05) is 0 Å². The third-order valence-electron chi connectivity index (χ3n) is 1.84. The Balaban J connectivity index is 2.15. The van der Waals surface area contributed by atoms with Gasteiger partial charge in [0, 0.05) is 24.6 Å². The van der Waals surface area contributed by atoms with E-state index in [9.17, 15) is 4.79 Å². The van der Waals surface area contributed by atoms with Crippen molar-refractivity contribution in [3.63, 3.8) is 0 Å². The lowest BCUT2D eigenvalue weighted by Crippen LogP contribution is -2.41. The summed E-state index contributed by atoms with van der Waals surface area (Å²) in [6.45, 7) is 2.50. The van der Waals surface area contributed by atoms with Crippen molar-refractivity contribution in [2.45, 2.75) is 0 Å². The molecule has 0 bridgehead atoms. The fourth-order valence-electron chi connectivity index (χ4n) is 1.16. The van der Waals surface area contributed by atoms with Gasteiger partial charge in [0.1, 0.15) is 6.54 Å². The van der Waals surface area contributed by atoms with Gasteiger partial charge in [0.15, 0.2) is 0 Å². The molecule has 0 saturated carbocycles. The number of carbonyl (C=O) groups is 1. The fraction of sp³-hybridized carbons (Fsp3) is 0.750. The summed E-state index contributed by atoms with van der Waals surface area (Å²) in [5.74, 6) is 2.16. The van der Waals surface area contributed by atoms with E-state index in [2.05, 4.69) is 10.2 Å². The number of carbonyl (C=O) groups excluding carboxylic acids is 1. The van der Waals surface area contributed by atoms with Gasteiger partial charge in [-0.2, -0.15) is 17.0 Å². The molecule has 0 aliphatic carbocycles. The number of rotatable bonds is 3. The molecule has 0 aromatic rings. The summed E-state index contributed by atoms with van der Waals surface area (Å²) in [7, 11) is 0. The van der Waals surface area contributed by atoms with Crippen LogP contribution in [0, 0.1) is 11.3 Å². The molecule has 1 heterocycles. The summed E-state index contributed by atoms with van der Waals surface area (Å²) >= 11 is 1.92. The Morgan fingerprint density at radius 3 is 2.85 bits per heavy atom. The van der Waals surface area contributed by atoms with Gasteiger partial charge in [-0.3, -0.25) is 9.69 Å². The standard InChI is InChI=1S/C8H13N3OS/c9-1-2-10-8(12)7-11-3-5-13-6-4-11/h2-7H2,(H,10,12). The van der Waals surface area contributed by atoms with Crippen LogP contribution in [0.4, 0.5) is 0 Å². The average molecular weight is 199 g/mol. The SMILES string of the molecule is N#CCNC(=O)CN1CCSCC1. The van der Waals surface area contributed by atoms with Crippen LogP contribution in [-0.2, 0) is 4.79 Å². The first-order valence-corrected chi connectivity index (χ1v) is 5.42. The highest BCUT2D eigenvalue weighted by atomic mass is 32.2. The highest BCUT2D eigenvalue weighted by molar-refractivity contribution is 7.99. The number of thioether (sulfide) groups is 1. The molecule has 0 spiro atoms. The summed E-state index contributed by atoms with van der Waals surface area (Å²) in [6.07, 6.45) is 0. The van der Waals surface area contributed by atoms with Crippen molar-refractivity contribution in [1.29, 1.82) is 5.26 Å². The molecule has 0 aromatic carbocycles. The summed E-state index contributed by atoms with van der Waals surface area (Å²) in [5.41, 5.74) is 0. The Morgan fingerprint density at radius 1 is 1.54 bits per heavy atom. The zero-order valence-electron chi connectivity index (χ0n) is 7.45. The lowest BCUT2D eigenvalue weighted by Gasteiger charge is -2.25. The van der Waals surface area contributed by atoms with Gasteiger partial charge in [-0.25, -0.2) is 0 Å². The van der Waals surface area contributed by atoms with Gasteiger partial charge in [0.05, 0.1) is 12.6 Å². The number of nitrogens with zero attached hydrogens (tertiary/aromatic N) is 2. The highest BCUT2D eigenvalue weighted by Gasteiger charge is 2.13. The smallest absolute Gasteiger partial charge is 0.235 e. The maximum absolute atomic E-state index is 11.2. The van der Waals surface area contributed by atoms with Crippen molar-refractivity contribution in [1.82, 2.24) is 10.2 Å². The molecular weight excluding hydrogens is 186 g/mol. The van der Waals surface area contributed by atoms with Crippen LogP contribution in [0.1, 0.15) is 0 Å². The molecule has 72 valence electrons. The predicted octanol–water partition coefficient (Wildman–Crippen LogP) is -0.325. The fourth-order valence-corrected chi connectivity index (χ4v) is 2.14. The molecule has 1 aliphatic heterocycles. The summed E-state index contributed by atoms with van der Waals surface area (Å²) in [5, 5.41) is 10.8. The first-order chi connectivity index (χ1) is 6.33. The van der Waals surface area contributed by atoms with Crippen molar-refractivity contribution in [3.8, 4) is 6.07 Å². The van der Waals surface area contributed by atoms with Gasteiger partial charge >= 0.3 is 0 Å². The van der Waals surface area contributed by atoms with Gasteiger partial charge in [-0.05, 0) is 0 Å². The first kappa shape index (κ1) is 10.4. The van der Waals surface area contributed by atoms with E-state index in [0.29, 0.717) is 6.54 Å². The molecule has 0 radical (unpaired) electrons. The van der Waals surface area contributed by atoms with E-state index < -0.39 is 0 Å². The number of hydrogen-bond donors (Lipinski definition) is 1. The third kappa shape index (κ3) is 4.15. The van der Waals surface area contributed by atoms with Crippen LogP contribution in [0.15, 0.2) is 0 Å². The van der Waals surface area contributed by atoms with E-state index in [1.807, 2.05) is 17.8 Å². The second-order valence-corrected chi connectivity index (χ2v) is 4.05. The van der Waals surface area contributed by atoms with Crippen molar-refractivity contribution in [2.75, 3.05) is 37.7 Å². The molecule has 4 nitrogen and oxygen atoms in total. The van der Waals surface area contributed by atoms with Crippen LogP contribution < -0.4 is 5.32 Å². The maximum atomic E-state index is 11.2. The quantitative estimate of drug-likeness (QED) is 0.633. The van der Waals surface area contributed by atoms with Crippen molar-refractivity contribution < 1.29 is 4.79 Å². The van der Waals surface area contributed by atoms with E-state index in [1.54, 1.807) is 0 Å². The van der Waals surface area contributed by atoms with Crippen molar-refractivity contribution in [3.05, 3.63) is 0 Å². The average Bonchev–Trinajstić information content (AvgIpc) is 2.16. The Bertz CT molecular complexity index is 208. The van der Waals surface area contributed by atoms with Crippen LogP contribution in [-0.4, -0.2) is 48.5 Å². The third-order valence-corrected chi connectivity index (χ3v) is 2.78. The molecular formula is C8H13N3OS. The van der Waals surface area contributed by atoms with Gasteiger partial charge in [0.25, 0.3) is 0 Å². The Morgan fingerprint density at radius 2 is 2.23 bits per heavy atom. The molecule has 1 rings (SSSR count). The summed E-state index contributed by atoms with van der Waals surface area (Å²) in [6, 6.07) is 1.88. The van der Waals surface area contributed by atoms with Crippen molar-refractivity contribution in [2.24, 2.45) is 0 Å². The number of nitrogens with one attached hydrogen (secondary N) is 1. The normalized spacial score (nSPS) is 17.8. The second kappa shape index (κ2) is 5.84. The molecule has 1 N–H and O–H groups in total. The maximum Gasteiger partial charge on any atom is 0.235 e. The van der Waals surface area contributed by atoms with Crippen LogP contribution in [0.2, 0.25) is 0 Å². The van der Waals surface area contributed by atoms with Gasteiger partial charge in [-0.15, -0.1) is 0 Å². The Kier molecular flexibility index (Phi) is 4.65. The molecule has 0 unspecified atom stereocenters. The zero-order chi connectivity index (χ0) is 9.52. The minimum absolute atomic E-state index is 0.0477. The second-order valence-electron chi connectivity index (χ2n) is 2.82. The molecule has 0 aromatic heterocycles. The molecule has 5 heteroatoms. The van der Waals surface area contributed by atoms with E-state index in [1.165, 1.54) is 0 Å². The van der Waals surface area contributed by atoms with Crippen LogP contribution in [0.3, 0.4) is 0 Å². The first-order valence-electron chi connectivity index (χ1n) is 4.26. The van der Waals surface area contributed by atoms with E-state index in [-0.39, 0.29) is 12.5 Å². The van der Waals surface area contributed by atoms with Crippen LogP contribution in [0.25, 0.3) is 0 Å². The van der Waals surface area contributed by atoms with Crippen LogP contribution in [0.5, 0.6) is 0 Å². The highest BCUT2D eigenvalue weighted by Crippen LogP contribution is 2.07. The van der Waals surface area contributed by atoms with Crippen molar-refractivity contribution >= 4 is 17.7 Å². The zero-order valence-corrected chi connectivity index (χ0v) is 8.27. The lowest BCUT2D eigenvalue weighted by molar-refractivity contribution is -0.121. The number of nitriles is 1. The molecule has 1 fully saturated rings. The molecule has 1 amide bonds. The van der Waals surface area contributed by atoms with Gasteiger partial charge < -0.3 is 5.32 Å². The molecule has 1 aliphatic rings. The van der Waals surface area contributed by atoms with Crippen LogP contribution >= 0.6 is 11.8 Å². The Labute approximate surface area is 82.3 Å².